The third kappa shape index (κ3) is 4.22. The van der Waals surface area contributed by atoms with Crippen LogP contribution in [0.3, 0.4) is 0 Å². The van der Waals surface area contributed by atoms with Gasteiger partial charge in [-0.15, -0.1) is 5.10 Å². The summed E-state index contributed by atoms with van der Waals surface area (Å²) in [5.41, 5.74) is 0. The molecule has 0 fully saturated rings. The third-order valence-corrected chi connectivity index (χ3v) is 2.02. The lowest BCUT2D eigenvalue weighted by atomic mass is 10.2. The zero-order valence-corrected chi connectivity index (χ0v) is 9.45. The van der Waals surface area contributed by atoms with Gasteiger partial charge in [0.05, 0.1) is 0 Å². The van der Waals surface area contributed by atoms with Crippen molar-refractivity contribution in [1.29, 1.82) is 0 Å². The maximum absolute atomic E-state index is 3.95. The Balaban J connectivity index is 2.41. The fourth-order valence-corrected chi connectivity index (χ4v) is 1.74. The lowest BCUT2D eigenvalue weighted by molar-refractivity contribution is 0.702. The number of hydrogen-bond acceptors (Lipinski definition) is 3. The fourth-order valence-electron chi connectivity index (χ4n) is 1.18. The molecule has 4 heteroatoms. The Kier molecular flexibility index (Phi) is 4.15. The Labute approximate surface area is 87.1 Å². The molecule has 0 amide bonds. The van der Waals surface area contributed by atoms with Crippen LogP contribution in [-0.4, -0.2) is 21.1 Å². The van der Waals surface area contributed by atoms with Gasteiger partial charge < -0.3 is 5.32 Å². The Bertz CT molecular complexity index is 238. The van der Waals surface area contributed by atoms with Gasteiger partial charge in [-0.1, -0.05) is 22.9 Å². The molecule has 0 aliphatic rings. The Morgan fingerprint density at radius 2 is 2.31 bits per heavy atom. The van der Waals surface area contributed by atoms with E-state index in [2.05, 4.69) is 45.3 Å². The fraction of sp³-hybridized carbons (Fsp3) is 0.556. The summed E-state index contributed by atoms with van der Waals surface area (Å²) in [6, 6.07) is 4.20. The van der Waals surface area contributed by atoms with Crippen molar-refractivity contribution < 1.29 is 0 Å². The van der Waals surface area contributed by atoms with Crippen molar-refractivity contribution in [3.8, 4) is 0 Å². The number of alkyl halides is 1. The molecule has 72 valence electrons. The molecule has 3 nitrogen and oxygen atoms in total. The van der Waals surface area contributed by atoms with Crippen molar-refractivity contribution in [1.82, 2.24) is 10.2 Å². The van der Waals surface area contributed by atoms with Crippen LogP contribution in [0.15, 0.2) is 18.3 Å². The van der Waals surface area contributed by atoms with E-state index in [1.54, 1.807) is 6.20 Å². The SMILES string of the molecule is CC(Br)CC(C)Nc1cccnn1. The highest BCUT2D eigenvalue weighted by atomic mass is 79.9. The zero-order chi connectivity index (χ0) is 9.68. The molecule has 1 aromatic heterocycles. The van der Waals surface area contributed by atoms with Gasteiger partial charge in [-0.25, -0.2) is 0 Å². The van der Waals surface area contributed by atoms with Crippen molar-refractivity contribution >= 4 is 21.7 Å². The minimum absolute atomic E-state index is 0.408. The van der Waals surface area contributed by atoms with Gasteiger partial charge in [-0.05, 0) is 25.5 Å². The number of rotatable bonds is 4. The van der Waals surface area contributed by atoms with Crippen LogP contribution in [0.2, 0.25) is 0 Å². The zero-order valence-electron chi connectivity index (χ0n) is 7.87. The molecular formula is C9H14BrN3. The minimum atomic E-state index is 0.408. The number of aromatic nitrogens is 2. The predicted molar refractivity (Wildman–Crippen MR) is 58.1 cm³/mol. The van der Waals surface area contributed by atoms with Crippen LogP contribution in [0.1, 0.15) is 20.3 Å². The summed E-state index contributed by atoms with van der Waals surface area (Å²) >= 11 is 3.51. The highest BCUT2D eigenvalue weighted by Gasteiger charge is 2.05. The number of anilines is 1. The van der Waals surface area contributed by atoms with E-state index in [9.17, 15) is 0 Å². The molecule has 0 bridgehead atoms. The van der Waals surface area contributed by atoms with Gasteiger partial charge in [0.2, 0.25) is 0 Å². The first-order valence-electron chi connectivity index (χ1n) is 4.37. The van der Waals surface area contributed by atoms with E-state index >= 15 is 0 Å². The van der Waals surface area contributed by atoms with Gasteiger partial charge in [0.25, 0.3) is 0 Å². The first kappa shape index (κ1) is 10.4. The van der Waals surface area contributed by atoms with Crippen LogP contribution in [0, 0.1) is 0 Å². The van der Waals surface area contributed by atoms with E-state index in [0.717, 1.165) is 12.2 Å². The van der Waals surface area contributed by atoms with E-state index in [0.29, 0.717) is 10.9 Å². The first-order chi connectivity index (χ1) is 6.18. The summed E-state index contributed by atoms with van der Waals surface area (Å²) in [6.07, 6.45) is 2.74. The Morgan fingerprint density at radius 3 is 2.85 bits per heavy atom. The summed E-state index contributed by atoms with van der Waals surface area (Å²) < 4.78 is 0. The number of nitrogens with zero attached hydrogens (tertiary/aromatic N) is 2. The number of hydrogen-bond donors (Lipinski definition) is 1. The second-order valence-electron chi connectivity index (χ2n) is 3.17. The molecule has 1 rings (SSSR count). The molecule has 2 atom stereocenters. The summed E-state index contributed by atoms with van der Waals surface area (Å²) in [5, 5.41) is 11.0. The van der Waals surface area contributed by atoms with Crippen molar-refractivity contribution in [2.24, 2.45) is 0 Å². The second-order valence-corrected chi connectivity index (χ2v) is 4.73. The predicted octanol–water partition coefficient (Wildman–Crippen LogP) is 2.45. The van der Waals surface area contributed by atoms with E-state index in [-0.39, 0.29) is 0 Å². The van der Waals surface area contributed by atoms with Crippen LogP contribution in [0.5, 0.6) is 0 Å². The van der Waals surface area contributed by atoms with Crippen LogP contribution < -0.4 is 5.32 Å². The molecule has 0 radical (unpaired) electrons. The number of halogens is 1. The van der Waals surface area contributed by atoms with Crippen LogP contribution in [0.25, 0.3) is 0 Å². The molecule has 2 unspecified atom stereocenters. The average Bonchev–Trinajstić information content (AvgIpc) is 2.04. The van der Waals surface area contributed by atoms with Crippen LogP contribution in [-0.2, 0) is 0 Å². The molecule has 0 saturated carbocycles. The molecule has 0 aliphatic carbocycles. The summed E-state index contributed by atoms with van der Waals surface area (Å²) in [4.78, 5) is 0.520. The quantitative estimate of drug-likeness (QED) is 0.826. The van der Waals surface area contributed by atoms with E-state index in [4.69, 9.17) is 0 Å². The average molecular weight is 244 g/mol. The molecule has 1 aromatic rings. The van der Waals surface area contributed by atoms with Gasteiger partial charge in [-0.3, -0.25) is 0 Å². The smallest absolute Gasteiger partial charge is 0.148 e. The lowest BCUT2D eigenvalue weighted by Crippen LogP contribution is -2.19. The molecule has 13 heavy (non-hydrogen) atoms. The molecule has 0 aromatic carbocycles. The third-order valence-electron chi connectivity index (χ3n) is 1.64. The molecule has 1 N–H and O–H groups in total. The van der Waals surface area contributed by atoms with Crippen LogP contribution >= 0.6 is 15.9 Å². The lowest BCUT2D eigenvalue weighted by Gasteiger charge is -2.14. The van der Waals surface area contributed by atoms with Crippen LogP contribution in [0.4, 0.5) is 5.82 Å². The highest BCUT2D eigenvalue weighted by Crippen LogP contribution is 2.10. The monoisotopic (exact) mass is 243 g/mol. The molecule has 1 heterocycles. The standard InChI is InChI=1S/C9H14BrN3/c1-7(10)6-8(2)12-9-4-3-5-11-13-9/h3-5,7-8H,6H2,1-2H3,(H,12,13). The van der Waals surface area contributed by atoms with Gasteiger partial charge >= 0.3 is 0 Å². The summed E-state index contributed by atoms with van der Waals surface area (Å²) in [7, 11) is 0. The maximum atomic E-state index is 3.95. The van der Waals surface area contributed by atoms with Gasteiger partial charge in [0, 0.05) is 17.1 Å². The topological polar surface area (TPSA) is 37.8 Å². The first-order valence-corrected chi connectivity index (χ1v) is 5.28. The molecule has 0 saturated heterocycles. The van der Waals surface area contributed by atoms with E-state index < -0.39 is 0 Å². The summed E-state index contributed by atoms with van der Waals surface area (Å²) in [6.45, 7) is 4.27. The Morgan fingerprint density at radius 1 is 1.54 bits per heavy atom. The second kappa shape index (κ2) is 5.17. The van der Waals surface area contributed by atoms with Crippen molar-refractivity contribution in [2.45, 2.75) is 31.1 Å². The van der Waals surface area contributed by atoms with Crippen molar-refractivity contribution in [3.63, 3.8) is 0 Å². The van der Waals surface area contributed by atoms with Gasteiger partial charge in [0.15, 0.2) is 0 Å². The Hall–Kier alpha value is -0.640. The molecule has 0 aliphatic heterocycles. The largest absolute Gasteiger partial charge is 0.366 e. The molecule has 0 spiro atoms. The van der Waals surface area contributed by atoms with Crippen molar-refractivity contribution in [2.75, 3.05) is 5.32 Å². The van der Waals surface area contributed by atoms with Gasteiger partial charge in [-0.2, -0.15) is 5.10 Å². The minimum Gasteiger partial charge on any atom is -0.366 e. The van der Waals surface area contributed by atoms with Crippen molar-refractivity contribution in [3.05, 3.63) is 18.3 Å². The van der Waals surface area contributed by atoms with E-state index in [1.807, 2.05) is 12.1 Å². The van der Waals surface area contributed by atoms with Gasteiger partial charge in [0.1, 0.15) is 5.82 Å². The van der Waals surface area contributed by atoms with E-state index in [1.165, 1.54) is 0 Å². The maximum Gasteiger partial charge on any atom is 0.148 e. The summed E-state index contributed by atoms with van der Waals surface area (Å²) in [5.74, 6) is 0.836. The number of nitrogens with one attached hydrogen (secondary N) is 1. The normalized spacial score (nSPS) is 15.0. The highest BCUT2D eigenvalue weighted by molar-refractivity contribution is 9.09. The molecular weight excluding hydrogens is 230 g/mol.